The van der Waals surface area contributed by atoms with Gasteiger partial charge in [-0.3, -0.25) is 14.9 Å². The van der Waals surface area contributed by atoms with E-state index in [0.717, 1.165) is 12.8 Å². The normalized spacial score (nSPS) is 16.9. The molecule has 11 nitrogen and oxygen atoms in total. The number of nitrogens with zero attached hydrogens (tertiary/aromatic N) is 5. The van der Waals surface area contributed by atoms with Crippen LogP contribution in [0.25, 0.3) is 23.0 Å². The van der Waals surface area contributed by atoms with Gasteiger partial charge in [0.05, 0.1) is 24.4 Å². The van der Waals surface area contributed by atoms with Crippen molar-refractivity contribution >= 4 is 29.5 Å². The average molecular weight is 461 g/mol. The highest BCUT2D eigenvalue weighted by molar-refractivity contribution is 6.15. The lowest BCUT2D eigenvalue weighted by Gasteiger charge is -2.11. The molecule has 0 atom stereocenters. The second-order valence-electron chi connectivity index (χ2n) is 7.93. The number of nitrogens with one attached hydrogen (secondary N) is 2. The lowest BCUT2D eigenvalue weighted by molar-refractivity contribution is -0.124. The van der Waals surface area contributed by atoms with E-state index >= 15 is 0 Å². The van der Waals surface area contributed by atoms with Gasteiger partial charge >= 0.3 is 6.01 Å². The van der Waals surface area contributed by atoms with E-state index in [1.807, 2.05) is 0 Å². The zero-order valence-corrected chi connectivity index (χ0v) is 17.5. The monoisotopic (exact) mass is 461 g/mol. The SMILES string of the molecule is O=C1C/C(=C\c2cnn3c(NC4CC4)nc(Oc4ccc(F)cc4-c4ccno4)nc23)C(=O)N1. The molecule has 0 unspecified atom stereocenters. The third-order valence-electron chi connectivity index (χ3n) is 5.36. The molecule has 1 aromatic carbocycles. The number of amides is 2. The largest absolute Gasteiger partial charge is 0.423 e. The summed E-state index contributed by atoms with van der Waals surface area (Å²) in [6.45, 7) is 0. The van der Waals surface area contributed by atoms with Gasteiger partial charge in [-0.05, 0) is 37.1 Å². The first kappa shape index (κ1) is 20.0. The van der Waals surface area contributed by atoms with Gasteiger partial charge in [-0.2, -0.15) is 19.6 Å². The van der Waals surface area contributed by atoms with Gasteiger partial charge in [0.15, 0.2) is 11.4 Å². The van der Waals surface area contributed by atoms with Crippen molar-refractivity contribution in [3.8, 4) is 23.1 Å². The minimum atomic E-state index is -0.472. The molecule has 6 rings (SSSR count). The number of aromatic nitrogens is 5. The highest BCUT2D eigenvalue weighted by Gasteiger charge is 2.26. The van der Waals surface area contributed by atoms with Gasteiger partial charge in [-0.25, -0.2) is 4.39 Å². The Labute approximate surface area is 190 Å². The molecule has 2 fully saturated rings. The van der Waals surface area contributed by atoms with E-state index in [-0.39, 0.29) is 30.1 Å². The van der Waals surface area contributed by atoms with Crippen molar-refractivity contribution in [1.29, 1.82) is 0 Å². The van der Waals surface area contributed by atoms with Gasteiger partial charge < -0.3 is 14.6 Å². The molecule has 2 amide bonds. The Hall–Kier alpha value is -4.61. The molecule has 170 valence electrons. The van der Waals surface area contributed by atoms with E-state index in [0.29, 0.717) is 34.1 Å². The van der Waals surface area contributed by atoms with Crippen LogP contribution in [-0.4, -0.2) is 42.6 Å². The van der Waals surface area contributed by atoms with Crippen molar-refractivity contribution in [3.05, 3.63) is 53.6 Å². The summed E-state index contributed by atoms with van der Waals surface area (Å²) in [7, 11) is 0. The van der Waals surface area contributed by atoms with E-state index in [2.05, 4.69) is 30.9 Å². The fraction of sp³-hybridized carbons (Fsp3) is 0.182. The molecule has 1 saturated carbocycles. The average Bonchev–Trinajstić information content (AvgIpc) is 3.18. The van der Waals surface area contributed by atoms with Crippen LogP contribution in [-0.2, 0) is 9.59 Å². The Bertz CT molecular complexity index is 1470. The molecule has 1 aliphatic heterocycles. The highest BCUT2D eigenvalue weighted by atomic mass is 19.1. The Morgan fingerprint density at radius 2 is 2.12 bits per heavy atom. The summed E-state index contributed by atoms with van der Waals surface area (Å²) in [5.74, 6) is -0.297. The van der Waals surface area contributed by atoms with Gasteiger partial charge in [-0.15, -0.1) is 0 Å². The second-order valence-corrected chi connectivity index (χ2v) is 7.93. The zero-order valence-electron chi connectivity index (χ0n) is 17.5. The molecular formula is C22H16FN7O4. The minimum absolute atomic E-state index is 0.0184. The quantitative estimate of drug-likeness (QED) is 0.328. The number of carbonyl (C=O) groups excluding carboxylic acids is 2. The van der Waals surface area contributed by atoms with Crippen LogP contribution in [0.5, 0.6) is 11.8 Å². The molecule has 0 radical (unpaired) electrons. The molecule has 2 aliphatic rings. The summed E-state index contributed by atoms with van der Waals surface area (Å²) in [5.41, 5.74) is 1.54. The lowest BCUT2D eigenvalue weighted by atomic mass is 10.1. The number of hydrogen-bond acceptors (Lipinski definition) is 9. The first-order chi connectivity index (χ1) is 16.5. The summed E-state index contributed by atoms with van der Waals surface area (Å²) >= 11 is 0. The van der Waals surface area contributed by atoms with E-state index in [1.54, 1.807) is 12.1 Å². The van der Waals surface area contributed by atoms with E-state index in [1.165, 1.54) is 35.1 Å². The van der Waals surface area contributed by atoms with Crippen LogP contribution >= 0.6 is 0 Å². The molecule has 0 spiro atoms. The standard InChI is InChI=1S/C22H16FN7O4/c23-13-1-4-16(15(9-13)17-5-6-25-34-17)33-22-28-19-12(7-11-8-18(31)27-20(11)32)10-24-30(19)21(29-22)26-14-2-3-14/h1,4-7,9-10,14H,2-3,8H2,(H,26,28,29)(H,27,31,32)/b11-7+. The third-order valence-corrected chi connectivity index (χ3v) is 5.36. The predicted molar refractivity (Wildman–Crippen MR) is 115 cm³/mol. The smallest absolute Gasteiger partial charge is 0.327 e. The molecule has 4 heterocycles. The van der Waals surface area contributed by atoms with Gasteiger partial charge in [0.1, 0.15) is 11.6 Å². The van der Waals surface area contributed by atoms with Crippen molar-refractivity contribution in [2.75, 3.05) is 5.32 Å². The van der Waals surface area contributed by atoms with E-state index in [4.69, 9.17) is 9.26 Å². The van der Waals surface area contributed by atoms with E-state index in [9.17, 15) is 14.0 Å². The number of fused-ring (bicyclic) bond motifs is 1. The molecule has 2 N–H and O–H groups in total. The van der Waals surface area contributed by atoms with Crippen LogP contribution in [0.2, 0.25) is 0 Å². The van der Waals surface area contributed by atoms with Gasteiger partial charge in [-0.1, -0.05) is 5.16 Å². The number of anilines is 1. The summed E-state index contributed by atoms with van der Waals surface area (Å²) in [5, 5.41) is 13.5. The predicted octanol–water partition coefficient (Wildman–Crippen LogP) is 2.71. The van der Waals surface area contributed by atoms with Crippen molar-refractivity contribution in [1.82, 2.24) is 30.1 Å². The third kappa shape index (κ3) is 3.74. The van der Waals surface area contributed by atoms with Crippen molar-refractivity contribution in [2.45, 2.75) is 25.3 Å². The molecule has 34 heavy (non-hydrogen) atoms. The summed E-state index contributed by atoms with van der Waals surface area (Å²) in [6.07, 6.45) is 6.52. The molecule has 3 aromatic heterocycles. The van der Waals surface area contributed by atoms with Crippen molar-refractivity contribution in [2.24, 2.45) is 0 Å². The Morgan fingerprint density at radius 3 is 2.85 bits per heavy atom. The number of carbonyl (C=O) groups is 2. The van der Waals surface area contributed by atoms with Crippen LogP contribution in [0.1, 0.15) is 24.8 Å². The fourth-order valence-electron chi connectivity index (χ4n) is 3.57. The molecule has 1 aliphatic carbocycles. The first-order valence-electron chi connectivity index (χ1n) is 10.5. The Morgan fingerprint density at radius 1 is 1.24 bits per heavy atom. The van der Waals surface area contributed by atoms with Gasteiger partial charge in [0, 0.05) is 23.2 Å². The maximum absolute atomic E-state index is 13.9. The molecule has 4 aromatic rings. The number of rotatable bonds is 6. The Balaban J connectivity index is 1.44. The van der Waals surface area contributed by atoms with E-state index < -0.39 is 11.7 Å². The lowest BCUT2D eigenvalue weighted by Crippen LogP contribution is -2.19. The highest BCUT2D eigenvalue weighted by Crippen LogP contribution is 2.34. The van der Waals surface area contributed by atoms with Gasteiger partial charge in [0.25, 0.3) is 5.91 Å². The number of halogens is 1. The van der Waals surface area contributed by atoms with Crippen LogP contribution in [0.3, 0.4) is 0 Å². The maximum atomic E-state index is 13.9. The van der Waals surface area contributed by atoms with Crippen LogP contribution in [0, 0.1) is 5.82 Å². The van der Waals surface area contributed by atoms with Crippen LogP contribution in [0.4, 0.5) is 10.3 Å². The van der Waals surface area contributed by atoms with Crippen molar-refractivity contribution < 1.29 is 23.2 Å². The summed E-state index contributed by atoms with van der Waals surface area (Å²) in [4.78, 5) is 32.5. The first-order valence-corrected chi connectivity index (χ1v) is 10.5. The molecule has 0 bridgehead atoms. The maximum Gasteiger partial charge on any atom is 0.327 e. The van der Waals surface area contributed by atoms with Crippen LogP contribution in [0.15, 0.2) is 46.8 Å². The Kier molecular flexibility index (Phi) is 4.57. The number of imide groups is 1. The molecule has 12 heteroatoms. The second kappa shape index (κ2) is 7.76. The number of hydrogen-bond donors (Lipinski definition) is 2. The molecule has 1 saturated heterocycles. The van der Waals surface area contributed by atoms with Crippen LogP contribution < -0.4 is 15.4 Å². The van der Waals surface area contributed by atoms with Crippen molar-refractivity contribution in [3.63, 3.8) is 0 Å². The number of ether oxygens (including phenoxy) is 1. The minimum Gasteiger partial charge on any atom is -0.423 e. The summed E-state index contributed by atoms with van der Waals surface area (Å²) < 4.78 is 26.6. The fourth-order valence-corrected chi connectivity index (χ4v) is 3.57. The topological polar surface area (TPSA) is 137 Å². The summed E-state index contributed by atoms with van der Waals surface area (Å²) in [6, 6.07) is 5.79. The molecular weight excluding hydrogens is 445 g/mol. The number of benzene rings is 1. The zero-order chi connectivity index (χ0) is 23.2. The van der Waals surface area contributed by atoms with Gasteiger partial charge in [0.2, 0.25) is 11.9 Å².